The summed E-state index contributed by atoms with van der Waals surface area (Å²) in [6.45, 7) is 3.31. The van der Waals surface area contributed by atoms with Crippen LogP contribution in [-0.2, 0) is 0 Å². The number of aromatic nitrogens is 1. The molecule has 5 nitrogen and oxygen atoms in total. The molecule has 0 atom stereocenters. The number of aromatic hydroxyl groups is 1. The fraction of sp³-hybridized carbons (Fsp3) is 0.154. The summed E-state index contributed by atoms with van der Waals surface area (Å²) in [6, 6.07) is 5.06. The standard InChI is InChI=1S/C13H12BrN3O2S/c1-7-12(8(2)18)20-13(16-7)17-15-6-9-3-4-11(19)10(14)5-9/h3-6,19H,1-2H3,(H,16,17)/b15-6-. The van der Waals surface area contributed by atoms with Crippen molar-refractivity contribution in [2.75, 3.05) is 5.43 Å². The Morgan fingerprint density at radius 2 is 2.30 bits per heavy atom. The van der Waals surface area contributed by atoms with Crippen molar-refractivity contribution in [2.24, 2.45) is 5.10 Å². The van der Waals surface area contributed by atoms with Gasteiger partial charge in [-0.1, -0.05) is 11.3 Å². The van der Waals surface area contributed by atoms with Gasteiger partial charge in [0.05, 0.1) is 21.3 Å². The molecule has 0 aliphatic heterocycles. The van der Waals surface area contributed by atoms with Crippen LogP contribution in [0.15, 0.2) is 27.8 Å². The Morgan fingerprint density at radius 1 is 1.55 bits per heavy atom. The maximum absolute atomic E-state index is 11.3. The van der Waals surface area contributed by atoms with Gasteiger partial charge in [0.2, 0.25) is 5.13 Å². The summed E-state index contributed by atoms with van der Waals surface area (Å²) in [6.07, 6.45) is 1.61. The monoisotopic (exact) mass is 353 g/mol. The molecule has 1 aromatic carbocycles. The van der Waals surface area contributed by atoms with E-state index in [0.29, 0.717) is 20.2 Å². The van der Waals surface area contributed by atoms with Gasteiger partial charge in [-0.05, 0) is 46.6 Å². The minimum atomic E-state index is -0.000468. The van der Waals surface area contributed by atoms with E-state index in [1.54, 1.807) is 31.3 Å². The Bertz CT molecular complexity index is 682. The zero-order valence-corrected chi connectivity index (χ0v) is 13.2. The smallest absolute Gasteiger partial charge is 0.204 e. The molecule has 0 aliphatic carbocycles. The van der Waals surface area contributed by atoms with E-state index in [1.165, 1.54) is 18.3 Å². The van der Waals surface area contributed by atoms with Gasteiger partial charge in [0.15, 0.2) is 5.78 Å². The predicted octanol–water partition coefficient (Wildman–Crippen LogP) is 3.57. The lowest BCUT2D eigenvalue weighted by molar-refractivity contribution is 0.102. The van der Waals surface area contributed by atoms with Gasteiger partial charge >= 0.3 is 0 Å². The molecule has 0 saturated heterocycles. The number of halogens is 1. The van der Waals surface area contributed by atoms with Crippen molar-refractivity contribution < 1.29 is 9.90 Å². The number of benzene rings is 1. The van der Waals surface area contributed by atoms with Gasteiger partial charge in [-0.3, -0.25) is 10.2 Å². The molecule has 7 heteroatoms. The lowest BCUT2D eigenvalue weighted by atomic mass is 10.2. The molecule has 0 amide bonds. The van der Waals surface area contributed by atoms with Crippen LogP contribution in [0.5, 0.6) is 5.75 Å². The summed E-state index contributed by atoms with van der Waals surface area (Å²) < 4.78 is 0.602. The number of carbonyl (C=O) groups excluding carboxylic acids is 1. The molecule has 0 radical (unpaired) electrons. The fourth-order valence-electron chi connectivity index (χ4n) is 1.54. The largest absolute Gasteiger partial charge is 0.507 e. The molecule has 1 aromatic heterocycles. The number of hydrogen-bond acceptors (Lipinski definition) is 6. The first-order valence-corrected chi connectivity index (χ1v) is 7.34. The molecular weight excluding hydrogens is 342 g/mol. The number of phenolic OH excluding ortho intramolecular Hbond substituents is 1. The summed E-state index contributed by atoms with van der Waals surface area (Å²) in [4.78, 5) is 16.2. The Labute approximate surface area is 128 Å². The van der Waals surface area contributed by atoms with Crippen molar-refractivity contribution in [1.29, 1.82) is 0 Å². The predicted molar refractivity (Wildman–Crippen MR) is 83.9 cm³/mol. The maximum atomic E-state index is 11.3. The van der Waals surface area contributed by atoms with Crippen molar-refractivity contribution in [2.45, 2.75) is 13.8 Å². The molecule has 1 heterocycles. The second kappa shape index (κ2) is 6.15. The average molecular weight is 354 g/mol. The summed E-state index contributed by atoms with van der Waals surface area (Å²) >= 11 is 4.51. The lowest BCUT2D eigenvalue weighted by Crippen LogP contribution is -1.90. The van der Waals surface area contributed by atoms with Gasteiger partial charge in [-0.15, -0.1) is 0 Å². The van der Waals surface area contributed by atoms with E-state index in [1.807, 2.05) is 0 Å². The normalized spacial score (nSPS) is 10.9. The van der Waals surface area contributed by atoms with Gasteiger partial charge in [0.1, 0.15) is 5.75 Å². The van der Waals surface area contributed by atoms with Gasteiger partial charge in [0, 0.05) is 6.92 Å². The molecule has 0 fully saturated rings. The van der Waals surface area contributed by atoms with Crippen LogP contribution in [0.2, 0.25) is 0 Å². The van der Waals surface area contributed by atoms with E-state index in [4.69, 9.17) is 0 Å². The highest BCUT2D eigenvalue weighted by molar-refractivity contribution is 9.10. The maximum Gasteiger partial charge on any atom is 0.204 e. The summed E-state index contributed by atoms with van der Waals surface area (Å²) in [7, 11) is 0. The molecule has 0 bridgehead atoms. The van der Waals surface area contributed by atoms with E-state index >= 15 is 0 Å². The highest BCUT2D eigenvalue weighted by Gasteiger charge is 2.10. The molecule has 2 rings (SSSR count). The van der Waals surface area contributed by atoms with Gasteiger partial charge < -0.3 is 5.11 Å². The van der Waals surface area contributed by atoms with Crippen molar-refractivity contribution in [1.82, 2.24) is 4.98 Å². The van der Waals surface area contributed by atoms with Gasteiger partial charge in [-0.2, -0.15) is 5.10 Å². The third-order valence-corrected chi connectivity index (χ3v) is 4.26. The molecule has 0 unspecified atom stereocenters. The number of thiazole rings is 1. The van der Waals surface area contributed by atoms with Crippen LogP contribution in [0, 0.1) is 6.92 Å². The SMILES string of the molecule is CC(=O)c1sc(N/N=C\c2ccc(O)c(Br)c2)nc1C. The molecule has 0 aliphatic rings. The quantitative estimate of drug-likeness (QED) is 0.500. The number of aryl methyl sites for hydroxylation is 1. The van der Waals surface area contributed by atoms with Crippen LogP contribution >= 0.6 is 27.3 Å². The van der Waals surface area contributed by atoms with Crippen LogP contribution in [0.25, 0.3) is 0 Å². The number of nitrogens with one attached hydrogen (secondary N) is 1. The Hall–Kier alpha value is -1.73. The Morgan fingerprint density at radius 3 is 2.90 bits per heavy atom. The fourth-order valence-corrected chi connectivity index (χ4v) is 2.74. The second-order valence-corrected chi connectivity index (χ2v) is 5.92. The summed E-state index contributed by atoms with van der Waals surface area (Å²) in [5, 5.41) is 14.0. The molecule has 104 valence electrons. The molecule has 2 N–H and O–H groups in total. The first-order chi connectivity index (χ1) is 9.47. The first-order valence-electron chi connectivity index (χ1n) is 5.73. The highest BCUT2D eigenvalue weighted by Crippen LogP contribution is 2.24. The van der Waals surface area contributed by atoms with Crippen molar-refractivity contribution >= 4 is 44.4 Å². The molecule has 20 heavy (non-hydrogen) atoms. The van der Waals surface area contributed by atoms with Crippen LogP contribution < -0.4 is 5.43 Å². The third-order valence-electron chi connectivity index (χ3n) is 2.46. The van der Waals surface area contributed by atoms with E-state index in [0.717, 1.165) is 5.56 Å². The van der Waals surface area contributed by atoms with Gasteiger partial charge in [-0.25, -0.2) is 4.98 Å². The van der Waals surface area contributed by atoms with Crippen molar-refractivity contribution in [3.8, 4) is 5.75 Å². The molecule has 2 aromatic rings. The van der Waals surface area contributed by atoms with Crippen LogP contribution in [-0.4, -0.2) is 22.1 Å². The summed E-state index contributed by atoms with van der Waals surface area (Å²) in [5.41, 5.74) is 4.31. The third kappa shape index (κ3) is 3.43. The molecular formula is C13H12BrN3O2S. The minimum absolute atomic E-state index is 0.000468. The van der Waals surface area contributed by atoms with Crippen molar-refractivity contribution in [3.05, 3.63) is 38.8 Å². The number of Topliss-reactive ketones (excluding diaryl/α,β-unsaturated/α-hetero) is 1. The van der Waals surface area contributed by atoms with Crippen molar-refractivity contribution in [3.63, 3.8) is 0 Å². The number of hydrazone groups is 1. The van der Waals surface area contributed by atoms with E-state index in [2.05, 4.69) is 31.4 Å². The number of carbonyl (C=O) groups is 1. The first kappa shape index (κ1) is 14.7. The number of hydrogen-bond donors (Lipinski definition) is 2. The molecule has 0 spiro atoms. The number of phenols is 1. The number of ketones is 1. The lowest BCUT2D eigenvalue weighted by Gasteiger charge is -1.98. The zero-order valence-electron chi connectivity index (χ0n) is 10.8. The molecule has 0 saturated carbocycles. The van der Waals surface area contributed by atoms with Crippen LogP contribution in [0.4, 0.5) is 5.13 Å². The number of nitrogens with zero attached hydrogens (tertiary/aromatic N) is 2. The minimum Gasteiger partial charge on any atom is -0.507 e. The topological polar surface area (TPSA) is 74.6 Å². The zero-order chi connectivity index (χ0) is 14.7. The average Bonchev–Trinajstić information content (AvgIpc) is 2.75. The number of anilines is 1. The van der Waals surface area contributed by atoms with Crippen LogP contribution in [0.3, 0.4) is 0 Å². The highest BCUT2D eigenvalue weighted by atomic mass is 79.9. The van der Waals surface area contributed by atoms with E-state index < -0.39 is 0 Å². The van der Waals surface area contributed by atoms with E-state index in [-0.39, 0.29) is 11.5 Å². The second-order valence-electron chi connectivity index (χ2n) is 4.07. The van der Waals surface area contributed by atoms with E-state index in [9.17, 15) is 9.90 Å². The van der Waals surface area contributed by atoms with Gasteiger partial charge in [0.25, 0.3) is 0 Å². The Kier molecular flexibility index (Phi) is 4.51. The van der Waals surface area contributed by atoms with Crippen LogP contribution in [0.1, 0.15) is 27.9 Å². The Balaban J connectivity index is 2.08. The number of rotatable bonds is 4. The summed E-state index contributed by atoms with van der Waals surface area (Å²) in [5.74, 6) is 0.177.